The van der Waals surface area contributed by atoms with Crippen molar-refractivity contribution in [2.45, 2.75) is 4.90 Å². The molecule has 1 amide bonds. The van der Waals surface area contributed by atoms with Crippen molar-refractivity contribution in [2.75, 3.05) is 38.7 Å². The summed E-state index contributed by atoms with van der Waals surface area (Å²) in [5.74, 6) is -3.11. The maximum Gasteiger partial charge on any atom is 0.257 e. The van der Waals surface area contributed by atoms with Crippen LogP contribution in [0.1, 0.15) is 10.4 Å². The summed E-state index contributed by atoms with van der Waals surface area (Å²) in [4.78, 5) is 12.4. The molecule has 0 unspecified atom stereocenters. The van der Waals surface area contributed by atoms with Crippen LogP contribution < -0.4 is 10.1 Å². The number of anilines is 1. The van der Waals surface area contributed by atoms with Gasteiger partial charge in [0.25, 0.3) is 5.91 Å². The number of nitrogens with zero attached hydrogens (tertiary/aromatic N) is 1. The largest absolute Gasteiger partial charge is 0.495 e. The Bertz CT molecular complexity index is 1040. The van der Waals surface area contributed by atoms with E-state index >= 15 is 0 Å². The minimum absolute atomic E-state index is 0.0348. The van der Waals surface area contributed by atoms with Crippen LogP contribution in [0.4, 0.5) is 14.5 Å². The normalized spacial score (nSPS) is 15.2. The molecule has 0 saturated carbocycles. The van der Waals surface area contributed by atoms with Gasteiger partial charge < -0.3 is 14.8 Å². The van der Waals surface area contributed by atoms with Gasteiger partial charge in [-0.1, -0.05) is 11.6 Å². The number of rotatable bonds is 5. The SMILES string of the molecule is COc1ccc(S(=O)(=O)N2CCOCC2)cc1NC(=O)c1cc(F)c(F)cc1Cl. The van der Waals surface area contributed by atoms with E-state index in [4.69, 9.17) is 21.1 Å². The molecule has 1 aliphatic heterocycles. The van der Waals surface area contributed by atoms with Crippen molar-refractivity contribution < 1.29 is 31.5 Å². The number of morpholine rings is 1. The quantitative estimate of drug-likeness (QED) is 0.714. The number of hydrogen-bond acceptors (Lipinski definition) is 5. The lowest BCUT2D eigenvalue weighted by molar-refractivity contribution is 0.0730. The van der Waals surface area contributed by atoms with Gasteiger partial charge in [0.1, 0.15) is 5.75 Å². The van der Waals surface area contributed by atoms with E-state index in [0.29, 0.717) is 12.1 Å². The zero-order valence-electron chi connectivity index (χ0n) is 15.2. The van der Waals surface area contributed by atoms with Crippen LogP contribution in [0.15, 0.2) is 35.2 Å². The third-order valence-corrected chi connectivity index (χ3v) is 6.49. The molecule has 0 atom stereocenters. The third-order valence-electron chi connectivity index (χ3n) is 4.28. The van der Waals surface area contributed by atoms with E-state index in [1.807, 2.05) is 0 Å². The zero-order chi connectivity index (χ0) is 21.2. The van der Waals surface area contributed by atoms with Crippen LogP contribution in [-0.4, -0.2) is 52.0 Å². The zero-order valence-corrected chi connectivity index (χ0v) is 16.8. The predicted molar refractivity (Wildman–Crippen MR) is 102 cm³/mol. The first-order valence-corrected chi connectivity index (χ1v) is 10.3. The fourth-order valence-electron chi connectivity index (χ4n) is 2.77. The highest BCUT2D eigenvalue weighted by molar-refractivity contribution is 7.89. The van der Waals surface area contributed by atoms with E-state index in [9.17, 15) is 22.0 Å². The van der Waals surface area contributed by atoms with Crippen molar-refractivity contribution in [3.8, 4) is 5.75 Å². The summed E-state index contributed by atoms with van der Waals surface area (Å²) in [7, 11) is -2.48. The smallest absolute Gasteiger partial charge is 0.257 e. The van der Waals surface area contributed by atoms with Crippen molar-refractivity contribution in [3.05, 3.63) is 52.6 Å². The molecule has 1 aliphatic rings. The van der Waals surface area contributed by atoms with Crippen molar-refractivity contribution in [1.29, 1.82) is 0 Å². The Hall–Kier alpha value is -2.27. The Morgan fingerprint density at radius 3 is 2.48 bits per heavy atom. The van der Waals surface area contributed by atoms with Crippen LogP contribution in [-0.2, 0) is 14.8 Å². The second-order valence-electron chi connectivity index (χ2n) is 6.08. The van der Waals surface area contributed by atoms with E-state index in [2.05, 4.69) is 5.32 Å². The van der Waals surface area contributed by atoms with Crippen LogP contribution >= 0.6 is 11.6 Å². The number of ether oxygens (including phenoxy) is 2. The highest BCUT2D eigenvalue weighted by Gasteiger charge is 2.27. The predicted octanol–water partition coefficient (Wildman–Crippen LogP) is 2.90. The van der Waals surface area contributed by atoms with Gasteiger partial charge in [0, 0.05) is 13.1 Å². The van der Waals surface area contributed by atoms with Gasteiger partial charge in [0.05, 0.1) is 41.5 Å². The molecule has 1 saturated heterocycles. The second-order valence-corrected chi connectivity index (χ2v) is 8.42. The van der Waals surface area contributed by atoms with Gasteiger partial charge >= 0.3 is 0 Å². The molecule has 2 aromatic carbocycles. The van der Waals surface area contributed by atoms with Crippen molar-refractivity contribution >= 4 is 33.2 Å². The van der Waals surface area contributed by atoms with Crippen LogP contribution in [0.3, 0.4) is 0 Å². The summed E-state index contributed by atoms with van der Waals surface area (Å²) in [5, 5.41) is 2.14. The molecular formula is C18H17ClF2N2O5S. The molecule has 7 nitrogen and oxygen atoms in total. The monoisotopic (exact) mass is 446 g/mol. The highest BCUT2D eigenvalue weighted by atomic mass is 35.5. The number of halogens is 3. The first-order valence-electron chi connectivity index (χ1n) is 8.46. The van der Waals surface area contributed by atoms with Crippen molar-refractivity contribution in [1.82, 2.24) is 4.31 Å². The molecule has 3 rings (SSSR count). The topological polar surface area (TPSA) is 84.9 Å². The van der Waals surface area contributed by atoms with E-state index in [1.54, 1.807) is 0 Å². The number of carbonyl (C=O) groups is 1. The highest BCUT2D eigenvalue weighted by Crippen LogP contribution is 2.30. The molecule has 2 aromatic rings. The number of amides is 1. The van der Waals surface area contributed by atoms with Crippen LogP contribution in [0.5, 0.6) is 5.75 Å². The molecule has 1 fully saturated rings. The molecule has 1 heterocycles. The average molecular weight is 447 g/mol. The molecule has 0 aromatic heterocycles. The molecule has 156 valence electrons. The van der Waals surface area contributed by atoms with Gasteiger partial charge in [-0.25, -0.2) is 17.2 Å². The second kappa shape index (κ2) is 8.62. The summed E-state index contributed by atoms with van der Waals surface area (Å²) in [5.41, 5.74) is -0.276. The summed E-state index contributed by atoms with van der Waals surface area (Å²) in [6.07, 6.45) is 0. The van der Waals surface area contributed by atoms with Crippen molar-refractivity contribution in [3.63, 3.8) is 0 Å². The van der Waals surface area contributed by atoms with Crippen LogP contribution in [0, 0.1) is 11.6 Å². The Morgan fingerprint density at radius 2 is 1.83 bits per heavy atom. The first-order chi connectivity index (χ1) is 13.7. The lowest BCUT2D eigenvalue weighted by atomic mass is 10.2. The molecule has 1 N–H and O–H groups in total. The number of sulfonamides is 1. The number of benzene rings is 2. The molecule has 0 spiro atoms. The molecule has 0 bridgehead atoms. The Morgan fingerprint density at radius 1 is 1.17 bits per heavy atom. The Balaban J connectivity index is 1.94. The van der Waals surface area contributed by atoms with E-state index in [-0.39, 0.29) is 53.2 Å². The molecule has 0 aliphatic carbocycles. The minimum Gasteiger partial charge on any atom is -0.495 e. The molecule has 0 radical (unpaired) electrons. The summed E-state index contributed by atoms with van der Waals surface area (Å²) >= 11 is 5.83. The summed E-state index contributed by atoms with van der Waals surface area (Å²) in [6, 6.07) is 5.31. The minimum atomic E-state index is -3.82. The van der Waals surface area contributed by atoms with Crippen LogP contribution in [0.25, 0.3) is 0 Å². The van der Waals surface area contributed by atoms with E-state index < -0.39 is 27.6 Å². The van der Waals surface area contributed by atoms with E-state index in [1.165, 1.54) is 29.6 Å². The maximum absolute atomic E-state index is 13.5. The molecule has 29 heavy (non-hydrogen) atoms. The van der Waals surface area contributed by atoms with Crippen molar-refractivity contribution in [2.24, 2.45) is 0 Å². The lowest BCUT2D eigenvalue weighted by Gasteiger charge is -2.26. The number of nitrogens with one attached hydrogen (secondary N) is 1. The molecular weight excluding hydrogens is 430 g/mol. The summed E-state index contributed by atoms with van der Waals surface area (Å²) < 4.78 is 64.0. The van der Waals surface area contributed by atoms with Gasteiger partial charge in [-0.15, -0.1) is 0 Å². The van der Waals surface area contributed by atoms with Gasteiger partial charge in [0.15, 0.2) is 11.6 Å². The fraction of sp³-hybridized carbons (Fsp3) is 0.278. The summed E-state index contributed by atoms with van der Waals surface area (Å²) in [6.45, 7) is 0.988. The molecule has 11 heteroatoms. The average Bonchev–Trinajstić information content (AvgIpc) is 2.71. The lowest BCUT2D eigenvalue weighted by Crippen LogP contribution is -2.40. The number of methoxy groups -OCH3 is 1. The van der Waals surface area contributed by atoms with Gasteiger partial charge in [0.2, 0.25) is 10.0 Å². The fourth-order valence-corrected chi connectivity index (χ4v) is 4.44. The Labute approximate surface area is 171 Å². The van der Waals surface area contributed by atoms with Gasteiger partial charge in [-0.3, -0.25) is 4.79 Å². The number of hydrogen-bond donors (Lipinski definition) is 1. The van der Waals surface area contributed by atoms with E-state index in [0.717, 1.165) is 0 Å². The maximum atomic E-state index is 13.5. The van der Waals surface area contributed by atoms with Gasteiger partial charge in [-0.05, 0) is 30.3 Å². The number of carbonyl (C=O) groups excluding carboxylic acids is 1. The standard InChI is InChI=1S/C18H17ClF2N2O5S/c1-27-17-3-2-11(29(25,26)23-4-6-28-7-5-23)8-16(17)22-18(24)12-9-14(20)15(21)10-13(12)19/h2-3,8-10H,4-7H2,1H3,(H,22,24). The van der Waals surface area contributed by atoms with Crippen LogP contribution in [0.2, 0.25) is 5.02 Å². The third kappa shape index (κ3) is 4.50. The Kier molecular flexibility index (Phi) is 6.37. The first kappa shape index (κ1) is 21.4. The van der Waals surface area contributed by atoms with Gasteiger partial charge in [-0.2, -0.15) is 4.31 Å².